The predicted molar refractivity (Wildman–Crippen MR) is 487 cm³/mol. The molecule has 0 amide bonds. The van der Waals surface area contributed by atoms with Crippen LogP contribution in [0.25, 0.3) is 138 Å². The van der Waals surface area contributed by atoms with Gasteiger partial charge in [0.2, 0.25) is 0 Å². The smallest absolute Gasteiger partial charge is 0.144 e. The first-order valence-corrected chi connectivity index (χ1v) is 43.3. The molecule has 2 aromatic heterocycles. The zero-order valence-electron chi connectivity index (χ0n) is 68.8. The van der Waals surface area contributed by atoms with Crippen molar-refractivity contribution in [2.45, 2.75) is 180 Å². The van der Waals surface area contributed by atoms with Crippen molar-refractivity contribution in [3.05, 3.63) is 328 Å². The molecule has 0 unspecified atom stereocenters. The van der Waals surface area contributed by atoms with Crippen molar-refractivity contribution in [1.29, 1.82) is 0 Å². The molecule has 6 aliphatic rings. The highest BCUT2D eigenvalue weighted by Crippen LogP contribution is 2.66. The van der Waals surface area contributed by atoms with Crippen molar-refractivity contribution in [3.63, 3.8) is 0 Å². The molecule has 1 aliphatic heterocycles. The molecule has 0 spiro atoms. The highest BCUT2D eigenvalue weighted by Gasteiger charge is 2.50. The number of rotatable bonds is 18. The average Bonchev–Trinajstić information content (AvgIpc) is 1.50. The lowest BCUT2D eigenvalue weighted by atomic mass is 9.70. The van der Waals surface area contributed by atoms with E-state index in [0.717, 1.165) is 56.1 Å². The average molecular weight is 1510 g/mol. The van der Waals surface area contributed by atoms with Crippen LogP contribution in [0.15, 0.2) is 271 Å². The van der Waals surface area contributed by atoms with Crippen LogP contribution in [-0.2, 0) is 33.7 Å². The first kappa shape index (κ1) is 70.9. The molecule has 4 nitrogen and oxygen atoms in total. The summed E-state index contributed by atoms with van der Waals surface area (Å²) in [5.74, 6) is 0.933. The fraction of sp³-hybridized carbons (Fsp3) is 0.250. The van der Waals surface area contributed by atoms with Gasteiger partial charge in [-0.3, -0.25) is 0 Å². The maximum atomic E-state index is 7.16. The van der Waals surface area contributed by atoms with E-state index in [1.807, 2.05) is 0 Å². The minimum absolute atomic E-state index is 0.0225. The maximum absolute atomic E-state index is 7.16. The van der Waals surface area contributed by atoms with Crippen molar-refractivity contribution in [2.24, 2.45) is 0 Å². The third kappa shape index (κ3) is 10.1. The molecular weight excluding hydrogens is 1410 g/mol. The lowest BCUT2D eigenvalue weighted by Gasteiger charge is -2.33. The summed E-state index contributed by atoms with van der Waals surface area (Å²) in [5.41, 5.74) is 43.3. The van der Waals surface area contributed by atoms with Gasteiger partial charge in [-0.15, -0.1) is 0 Å². The second kappa shape index (κ2) is 26.1. The highest BCUT2D eigenvalue weighted by molar-refractivity contribution is 6.21. The molecule has 4 heteroatoms. The first-order valence-electron chi connectivity index (χ1n) is 43.3. The van der Waals surface area contributed by atoms with Gasteiger partial charge in [-0.05, 0) is 232 Å². The quantitative estimate of drug-likeness (QED) is 0.0802. The molecule has 0 fully saturated rings. The standard InChI is InChI=1S/C112H100N2O2/c1-11-13-15-17-32-58-112(59-33-18-16-14-12-2)89-42-28-22-36-75(89)78-53-47-69(61-94(78)112)68-46-52-76-77-54-48-70(62-91(77)108(3,4)90(76)60-68)86-66-95-101(100-84-39-25-30-44-98(84)115-67-87(86)100)82-56-50-72(63-92(82)109(95,5)6)113(74-49-55-80-79-37-24-29-43-96(79)114(97(80)65-74)71-34-20-19-21-35-71)73-51-57-83-93(64-73)111(9,10)105-102(83)103-85-40-26-31-45-99(85)116-107(103)104-81-38-23-27-41-88(81)110(7,8)106(104)105/h19-31,34-57,60-66H,11-18,32-33,58-59,67H2,1-10H3. The summed E-state index contributed by atoms with van der Waals surface area (Å²) in [4.78, 5) is 2.57. The van der Waals surface area contributed by atoms with Gasteiger partial charge in [-0.2, -0.15) is 0 Å². The second-order valence-electron chi connectivity index (χ2n) is 36.8. The molecule has 0 atom stereocenters. The van der Waals surface area contributed by atoms with Crippen LogP contribution in [0.1, 0.15) is 207 Å². The summed E-state index contributed by atoms with van der Waals surface area (Å²) in [6.45, 7) is 24.9. The number of fused-ring (bicyclic) bond motifs is 28. The van der Waals surface area contributed by atoms with Crippen molar-refractivity contribution in [1.82, 2.24) is 4.57 Å². The van der Waals surface area contributed by atoms with Gasteiger partial charge in [0.25, 0.3) is 0 Å². The van der Waals surface area contributed by atoms with Crippen LogP contribution in [0.5, 0.6) is 5.75 Å². The zero-order valence-corrected chi connectivity index (χ0v) is 68.8. The predicted octanol–water partition coefficient (Wildman–Crippen LogP) is 31.3. The number of anilines is 3. The third-order valence-electron chi connectivity index (χ3n) is 28.9. The molecule has 0 bridgehead atoms. The van der Waals surface area contributed by atoms with Crippen molar-refractivity contribution >= 4 is 60.8 Å². The summed E-state index contributed by atoms with van der Waals surface area (Å²) < 4.78 is 16.6. The summed E-state index contributed by atoms with van der Waals surface area (Å²) in [7, 11) is 0. The van der Waals surface area contributed by atoms with E-state index in [0.29, 0.717) is 6.61 Å². The van der Waals surface area contributed by atoms with Gasteiger partial charge in [0.15, 0.2) is 0 Å². The van der Waals surface area contributed by atoms with Crippen molar-refractivity contribution < 1.29 is 9.15 Å². The summed E-state index contributed by atoms with van der Waals surface area (Å²) >= 11 is 0. The normalized spacial score (nSPS) is 15.6. The van der Waals surface area contributed by atoms with E-state index in [2.05, 4.69) is 346 Å². The number of benzene rings is 14. The van der Waals surface area contributed by atoms with E-state index in [9.17, 15) is 0 Å². The summed E-state index contributed by atoms with van der Waals surface area (Å²) in [6.07, 6.45) is 15.4. The summed E-state index contributed by atoms with van der Waals surface area (Å²) in [6, 6.07) is 103. The Morgan fingerprint density at radius 3 is 1.53 bits per heavy atom. The van der Waals surface area contributed by atoms with Crippen LogP contribution < -0.4 is 9.64 Å². The monoisotopic (exact) mass is 1500 g/mol. The molecule has 16 aromatic rings. The number of unbranched alkanes of at least 4 members (excludes halogenated alkanes) is 8. The number of ether oxygens (including phenoxy) is 1. The van der Waals surface area contributed by atoms with Crippen molar-refractivity contribution in [3.8, 4) is 100 Å². The molecule has 570 valence electrons. The Labute approximate surface area is 683 Å². The Morgan fingerprint density at radius 2 is 0.819 bits per heavy atom. The van der Waals surface area contributed by atoms with Crippen molar-refractivity contribution in [2.75, 3.05) is 4.90 Å². The zero-order chi connectivity index (χ0) is 78.5. The van der Waals surface area contributed by atoms with Gasteiger partial charge in [0.05, 0.1) is 11.0 Å². The molecule has 0 saturated heterocycles. The van der Waals surface area contributed by atoms with E-state index >= 15 is 0 Å². The van der Waals surface area contributed by atoms with Gasteiger partial charge in [0.1, 0.15) is 23.5 Å². The van der Waals surface area contributed by atoms with Crippen LogP contribution >= 0.6 is 0 Å². The molecule has 0 N–H and O–H groups in total. The summed E-state index contributed by atoms with van der Waals surface area (Å²) in [5, 5.41) is 4.83. The Bertz CT molecular complexity index is 6810. The van der Waals surface area contributed by atoms with E-state index in [-0.39, 0.29) is 16.2 Å². The minimum atomic E-state index is -0.427. The van der Waals surface area contributed by atoms with Gasteiger partial charge < -0.3 is 18.6 Å². The van der Waals surface area contributed by atoms with E-state index in [1.165, 1.54) is 232 Å². The molecule has 22 rings (SSSR count). The largest absolute Gasteiger partial charge is 0.488 e. The lowest BCUT2D eigenvalue weighted by molar-refractivity contribution is 0.303. The third-order valence-corrected chi connectivity index (χ3v) is 28.9. The SMILES string of the molecule is CCCCCCCC1(CCCCCCC)c2ccccc2-c2ccc(-c3ccc4c(c3)C(C)(C)c3cc(-c5cc6c(c7c5COc5ccccc5-7)-c5ccc(N(c7ccc8c(c7)C(C)(C)c7c9c(c%10oc%11ccccc%11c%10c7-8)-c7ccccc7C9(C)C)c7ccc8c9ccccc9n(-c9ccccc9)c8c7)cc5C6(C)C)ccc3-4)cc21. The molecular formula is C112H100N2O2. The highest BCUT2D eigenvalue weighted by atomic mass is 16.5. The number of hydrogen-bond donors (Lipinski definition) is 0. The van der Waals surface area contributed by atoms with Gasteiger partial charge in [-0.25, -0.2) is 0 Å². The number of aromatic nitrogens is 1. The second-order valence-corrected chi connectivity index (χ2v) is 36.8. The Balaban J connectivity index is 0.674. The number of furan rings is 1. The molecule has 5 aliphatic carbocycles. The minimum Gasteiger partial charge on any atom is -0.488 e. The lowest BCUT2D eigenvalue weighted by Crippen LogP contribution is -2.25. The molecule has 0 saturated carbocycles. The van der Waals surface area contributed by atoms with Crippen LogP contribution in [0, 0.1) is 0 Å². The van der Waals surface area contributed by atoms with Crippen LogP contribution in [0.3, 0.4) is 0 Å². The van der Waals surface area contributed by atoms with Crippen LogP contribution in [0.2, 0.25) is 0 Å². The number of nitrogens with zero attached hydrogens (tertiary/aromatic N) is 2. The molecule has 0 radical (unpaired) electrons. The molecule has 3 heterocycles. The van der Waals surface area contributed by atoms with E-state index in [1.54, 1.807) is 11.1 Å². The van der Waals surface area contributed by atoms with E-state index < -0.39 is 10.8 Å². The van der Waals surface area contributed by atoms with Gasteiger partial charge in [-0.1, -0.05) is 309 Å². The fourth-order valence-corrected chi connectivity index (χ4v) is 23.2. The molecule has 116 heavy (non-hydrogen) atoms. The van der Waals surface area contributed by atoms with Crippen LogP contribution in [0.4, 0.5) is 17.1 Å². The Kier molecular flexibility index (Phi) is 16.0. The Morgan fingerprint density at radius 1 is 0.328 bits per heavy atom. The number of hydrogen-bond acceptors (Lipinski definition) is 3. The fourth-order valence-electron chi connectivity index (χ4n) is 23.2. The molecule has 14 aromatic carbocycles. The first-order chi connectivity index (χ1) is 56.5. The van der Waals surface area contributed by atoms with Crippen LogP contribution in [-0.4, -0.2) is 4.57 Å². The maximum Gasteiger partial charge on any atom is 0.144 e. The topological polar surface area (TPSA) is 30.5 Å². The van der Waals surface area contributed by atoms with Gasteiger partial charge >= 0.3 is 0 Å². The van der Waals surface area contributed by atoms with Gasteiger partial charge in [0, 0.05) is 93.6 Å². The Hall–Kier alpha value is -11.7. The number of para-hydroxylation sites is 4. The van der Waals surface area contributed by atoms with E-state index in [4.69, 9.17) is 9.15 Å².